The first-order chi connectivity index (χ1) is 11.6. The predicted octanol–water partition coefficient (Wildman–Crippen LogP) is 3.93. The number of amides is 1. The summed E-state index contributed by atoms with van der Waals surface area (Å²) < 4.78 is 7.84. The summed E-state index contributed by atoms with van der Waals surface area (Å²) in [6.45, 7) is 1.95. The van der Waals surface area contributed by atoms with Crippen molar-refractivity contribution >= 4 is 5.91 Å². The fourth-order valence-corrected chi connectivity index (χ4v) is 2.82. The molecule has 3 aromatic rings. The van der Waals surface area contributed by atoms with Crippen LogP contribution in [-0.2, 0) is 7.05 Å². The molecule has 122 valence electrons. The molecule has 24 heavy (non-hydrogen) atoms. The summed E-state index contributed by atoms with van der Waals surface area (Å²) in [5.41, 5.74) is 8.89. The molecule has 3 rings (SSSR count). The average molecular weight is 320 g/mol. The Kier molecular flexibility index (Phi) is 4.38. The molecule has 0 aliphatic rings. The molecule has 0 fully saturated rings. The van der Waals surface area contributed by atoms with Crippen molar-refractivity contribution in [2.45, 2.75) is 13.0 Å². The predicted molar refractivity (Wildman–Crippen MR) is 94.9 cm³/mol. The van der Waals surface area contributed by atoms with Crippen LogP contribution in [0.2, 0.25) is 0 Å². The normalized spacial score (nSPS) is 11.9. The van der Waals surface area contributed by atoms with E-state index in [1.54, 1.807) is 4.57 Å². The Bertz CT molecular complexity index is 839. The highest BCUT2D eigenvalue weighted by Gasteiger charge is 2.21. The summed E-state index contributed by atoms with van der Waals surface area (Å²) in [5.74, 6) is -0.00449. The maximum Gasteiger partial charge on any atom is 0.269 e. The molecule has 2 N–H and O–H groups in total. The third-order valence-electron chi connectivity index (χ3n) is 4.07. The Morgan fingerprint density at radius 1 is 1.04 bits per heavy atom. The highest BCUT2D eigenvalue weighted by atomic mass is 16.5. The van der Waals surface area contributed by atoms with E-state index in [4.69, 9.17) is 10.5 Å². The molecule has 0 spiro atoms. The maximum absolute atomic E-state index is 11.9. The number of rotatable bonds is 5. The average Bonchev–Trinajstić information content (AvgIpc) is 2.92. The third kappa shape index (κ3) is 3.04. The quantitative estimate of drug-likeness (QED) is 0.774. The van der Waals surface area contributed by atoms with Crippen molar-refractivity contribution in [3.05, 3.63) is 78.0 Å². The number of benzene rings is 2. The number of hydrogen-bond donors (Lipinski definition) is 1. The molecule has 4 nitrogen and oxygen atoms in total. The van der Waals surface area contributed by atoms with Crippen LogP contribution in [-0.4, -0.2) is 10.5 Å². The lowest BCUT2D eigenvalue weighted by Crippen LogP contribution is -2.17. The van der Waals surface area contributed by atoms with E-state index in [-0.39, 0.29) is 6.10 Å². The van der Waals surface area contributed by atoms with Crippen LogP contribution in [0.5, 0.6) is 5.75 Å². The van der Waals surface area contributed by atoms with Gasteiger partial charge in [-0.3, -0.25) is 4.79 Å². The molecule has 0 aliphatic heterocycles. The van der Waals surface area contributed by atoms with E-state index in [2.05, 4.69) is 0 Å². The molecule has 0 bridgehead atoms. The first kappa shape index (κ1) is 15.9. The Balaban J connectivity index is 2.00. The number of aromatic nitrogens is 1. The van der Waals surface area contributed by atoms with Crippen molar-refractivity contribution in [2.75, 3.05) is 0 Å². The van der Waals surface area contributed by atoms with Gasteiger partial charge in [0.15, 0.2) is 5.75 Å². The minimum absolute atomic E-state index is 0.185. The highest BCUT2D eigenvalue weighted by molar-refractivity contribution is 5.95. The molecule has 2 aromatic carbocycles. The molecule has 4 heteroatoms. The van der Waals surface area contributed by atoms with Crippen LogP contribution in [0.4, 0.5) is 0 Å². The molecule has 1 heterocycles. The van der Waals surface area contributed by atoms with Gasteiger partial charge in [0.1, 0.15) is 11.8 Å². The van der Waals surface area contributed by atoms with Gasteiger partial charge in [-0.1, -0.05) is 60.7 Å². The van der Waals surface area contributed by atoms with Gasteiger partial charge in [0.25, 0.3) is 5.91 Å². The van der Waals surface area contributed by atoms with E-state index in [1.165, 1.54) is 0 Å². The van der Waals surface area contributed by atoms with Crippen LogP contribution < -0.4 is 10.5 Å². The number of carbonyl (C=O) groups excluding carboxylic acids is 1. The van der Waals surface area contributed by atoms with Gasteiger partial charge in [0.05, 0.1) is 5.69 Å². The summed E-state index contributed by atoms with van der Waals surface area (Å²) in [5, 5.41) is 0. The second kappa shape index (κ2) is 6.62. The van der Waals surface area contributed by atoms with Crippen LogP contribution in [0, 0.1) is 0 Å². The maximum atomic E-state index is 11.9. The molecular formula is C20H20N2O2. The van der Waals surface area contributed by atoms with Gasteiger partial charge in [-0.05, 0) is 18.1 Å². The first-order valence-corrected chi connectivity index (χ1v) is 7.84. The smallest absolute Gasteiger partial charge is 0.269 e. The number of hydrogen-bond acceptors (Lipinski definition) is 2. The molecular weight excluding hydrogens is 300 g/mol. The van der Waals surface area contributed by atoms with Crippen molar-refractivity contribution in [3.8, 4) is 17.0 Å². The summed E-state index contributed by atoms with van der Waals surface area (Å²) in [6, 6.07) is 21.6. The van der Waals surface area contributed by atoms with E-state index in [0.717, 1.165) is 16.8 Å². The van der Waals surface area contributed by atoms with Crippen LogP contribution in [0.3, 0.4) is 0 Å². The standard InChI is InChI=1S/C20H20N2O2/c1-14(15-9-5-3-6-10-15)24-18-13-17(16-11-7-4-8-12-16)22(2)19(18)20(21)23/h3-14H,1-2H3,(H2,21,23). The molecule has 1 atom stereocenters. The summed E-state index contributed by atoms with van der Waals surface area (Å²) in [4.78, 5) is 11.9. The zero-order chi connectivity index (χ0) is 17.1. The second-order valence-corrected chi connectivity index (χ2v) is 5.70. The van der Waals surface area contributed by atoms with E-state index in [9.17, 15) is 4.79 Å². The van der Waals surface area contributed by atoms with Crippen LogP contribution in [0.25, 0.3) is 11.3 Å². The number of nitrogens with zero attached hydrogens (tertiary/aromatic N) is 1. The lowest BCUT2D eigenvalue weighted by Gasteiger charge is -2.15. The largest absolute Gasteiger partial charge is 0.484 e. The Morgan fingerprint density at radius 2 is 1.62 bits per heavy atom. The van der Waals surface area contributed by atoms with E-state index in [0.29, 0.717) is 11.4 Å². The lowest BCUT2D eigenvalue weighted by molar-refractivity contribution is 0.0985. The van der Waals surface area contributed by atoms with Gasteiger partial charge < -0.3 is 15.0 Å². The number of nitrogens with two attached hydrogens (primary N) is 1. The fourth-order valence-electron chi connectivity index (χ4n) is 2.82. The second-order valence-electron chi connectivity index (χ2n) is 5.70. The highest BCUT2D eigenvalue weighted by Crippen LogP contribution is 2.32. The monoisotopic (exact) mass is 320 g/mol. The topological polar surface area (TPSA) is 57.2 Å². The zero-order valence-electron chi connectivity index (χ0n) is 13.8. The minimum atomic E-state index is -0.505. The Morgan fingerprint density at radius 3 is 2.21 bits per heavy atom. The first-order valence-electron chi connectivity index (χ1n) is 7.84. The van der Waals surface area contributed by atoms with Crippen molar-refractivity contribution in [1.82, 2.24) is 4.57 Å². The molecule has 1 amide bonds. The Labute approximate surface area is 141 Å². The van der Waals surface area contributed by atoms with Gasteiger partial charge in [-0.15, -0.1) is 0 Å². The van der Waals surface area contributed by atoms with Crippen molar-refractivity contribution < 1.29 is 9.53 Å². The molecule has 0 saturated heterocycles. The number of carbonyl (C=O) groups is 1. The third-order valence-corrected chi connectivity index (χ3v) is 4.07. The lowest BCUT2D eigenvalue weighted by atomic mass is 10.1. The fraction of sp³-hybridized carbons (Fsp3) is 0.150. The van der Waals surface area contributed by atoms with Gasteiger partial charge in [0, 0.05) is 13.1 Å². The van der Waals surface area contributed by atoms with Gasteiger partial charge in [-0.2, -0.15) is 0 Å². The van der Waals surface area contributed by atoms with Crippen molar-refractivity contribution in [3.63, 3.8) is 0 Å². The van der Waals surface area contributed by atoms with Gasteiger partial charge in [-0.25, -0.2) is 0 Å². The van der Waals surface area contributed by atoms with E-state index in [1.807, 2.05) is 80.7 Å². The molecule has 1 unspecified atom stereocenters. The van der Waals surface area contributed by atoms with E-state index >= 15 is 0 Å². The summed E-state index contributed by atoms with van der Waals surface area (Å²) in [6.07, 6.45) is -0.185. The molecule has 0 radical (unpaired) electrons. The zero-order valence-corrected chi connectivity index (χ0v) is 13.8. The molecule has 0 saturated carbocycles. The van der Waals surface area contributed by atoms with Crippen LogP contribution >= 0.6 is 0 Å². The van der Waals surface area contributed by atoms with Crippen LogP contribution in [0.1, 0.15) is 29.1 Å². The van der Waals surface area contributed by atoms with Crippen molar-refractivity contribution in [2.24, 2.45) is 12.8 Å². The number of ether oxygens (including phenoxy) is 1. The molecule has 1 aromatic heterocycles. The van der Waals surface area contributed by atoms with E-state index < -0.39 is 5.91 Å². The number of primary amides is 1. The van der Waals surface area contributed by atoms with Gasteiger partial charge >= 0.3 is 0 Å². The summed E-state index contributed by atoms with van der Waals surface area (Å²) in [7, 11) is 1.82. The Hall–Kier alpha value is -3.01. The SMILES string of the molecule is CC(Oc1cc(-c2ccccc2)n(C)c1C(N)=O)c1ccccc1. The molecule has 0 aliphatic carbocycles. The van der Waals surface area contributed by atoms with Gasteiger partial charge in [0.2, 0.25) is 0 Å². The minimum Gasteiger partial charge on any atom is -0.484 e. The summed E-state index contributed by atoms with van der Waals surface area (Å²) >= 11 is 0. The van der Waals surface area contributed by atoms with Crippen LogP contribution in [0.15, 0.2) is 66.7 Å². The van der Waals surface area contributed by atoms with Crippen molar-refractivity contribution in [1.29, 1.82) is 0 Å².